The molecule has 0 saturated carbocycles. The summed E-state index contributed by atoms with van der Waals surface area (Å²) in [6, 6.07) is 0. The van der Waals surface area contributed by atoms with Crippen molar-refractivity contribution >= 4 is 17.4 Å². The Morgan fingerprint density at radius 2 is 2.16 bits per heavy atom. The summed E-state index contributed by atoms with van der Waals surface area (Å²) in [6.45, 7) is 7.69. The van der Waals surface area contributed by atoms with Gasteiger partial charge in [-0.3, -0.25) is 9.48 Å². The number of ketones is 1. The van der Waals surface area contributed by atoms with Crippen LogP contribution in [0.3, 0.4) is 0 Å². The molecule has 0 aliphatic heterocycles. The molecular formula is C14H24ClN3O. The number of carbonyl (C=O) groups is 1. The molecule has 0 amide bonds. The molecule has 0 atom stereocenters. The van der Waals surface area contributed by atoms with Crippen molar-refractivity contribution < 1.29 is 4.79 Å². The van der Waals surface area contributed by atoms with Gasteiger partial charge < -0.3 is 5.73 Å². The van der Waals surface area contributed by atoms with Gasteiger partial charge >= 0.3 is 0 Å². The van der Waals surface area contributed by atoms with Crippen molar-refractivity contribution in [3.8, 4) is 0 Å². The number of aromatic nitrogens is 2. The zero-order valence-electron chi connectivity index (χ0n) is 12.1. The van der Waals surface area contributed by atoms with Gasteiger partial charge in [0.2, 0.25) is 0 Å². The number of aryl methyl sites for hydroxylation is 1. The van der Waals surface area contributed by atoms with E-state index in [-0.39, 0.29) is 11.2 Å². The molecule has 108 valence electrons. The van der Waals surface area contributed by atoms with Crippen LogP contribution >= 0.6 is 11.6 Å². The number of hydrogen-bond donors (Lipinski definition) is 1. The number of halogens is 1. The number of rotatable bonds is 8. The fourth-order valence-electron chi connectivity index (χ4n) is 2.11. The molecule has 1 rings (SSSR count). The third kappa shape index (κ3) is 4.62. The first kappa shape index (κ1) is 16.2. The Morgan fingerprint density at radius 3 is 2.74 bits per heavy atom. The largest absolute Gasteiger partial charge is 0.330 e. The molecule has 2 N–H and O–H groups in total. The minimum absolute atomic E-state index is 0.0704. The molecule has 0 saturated heterocycles. The number of Topliss-reactive ketones (excluding diaryl/α,β-unsaturated/α-hetero) is 1. The van der Waals surface area contributed by atoms with Crippen molar-refractivity contribution in [2.75, 3.05) is 6.54 Å². The molecule has 0 unspecified atom stereocenters. The van der Waals surface area contributed by atoms with Crippen molar-refractivity contribution in [1.82, 2.24) is 9.78 Å². The molecule has 1 heterocycles. The van der Waals surface area contributed by atoms with Gasteiger partial charge in [-0.2, -0.15) is 5.10 Å². The Balaban J connectivity index is 2.70. The summed E-state index contributed by atoms with van der Waals surface area (Å²) < 4.78 is 1.71. The van der Waals surface area contributed by atoms with Gasteiger partial charge in [0.05, 0.1) is 11.2 Å². The lowest BCUT2D eigenvalue weighted by Gasteiger charge is -2.23. The van der Waals surface area contributed by atoms with Crippen LogP contribution in [0.5, 0.6) is 0 Å². The first-order valence-corrected chi connectivity index (χ1v) is 7.23. The van der Waals surface area contributed by atoms with E-state index in [1.807, 2.05) is 6.92 Å². The van der Waals surface area contributed by atoms with Gasteiger partial charge in [0.15, 0.2) is 5.78 Å². The number of nitrogens with two attached hydrogens (primary N) is 1. The number of carbonyl (C=O) groups excluding carboxylic acids is 1. The third-order valence-corrected chi connectivity index (χ3v) is 3.62. The summed E-state index contributed by atoms with van der Waals surface area (Å²) in [5.41, 5.74) is 6.22. The van der Waals surface area contributed by atoms with Crippen LogP contribution in [0.15, 0.2) is 6.20 Å². The molecule has 0 aromatic carbocycles. The van der Waals surface area contributed by atoms with Crippen molar-refractivity contribution in [3.63, 3.8) is 0 Å². The molecule has 4 nitrogen and oxygen atoms in total. The zero-order chi connectivity index (χ0) is 14.5. The predicted molar refractivity (Wildman–Crippen MR) is 78.5 cm³/mol. The highest BCUT2D eigenvalue weighted by atomic mass is 35.5. The summed E-state index contributed by atoms with van der Waals surface area (Å²) in [7, 11) is 0. The second-order valence-corrected chi connectivity index (χ2v) is 6.10. The average molecular weight is 286 g/mol. The van der Waals surface area contributed by atoms with Crippen LogP contribution in [0.25, 0.3) is 0 Å². The lowest BCUT2D eigenvalue weighted by Crippen LogP contribution is -2.19. The third-order valence-electron chi connectivity index (χ3n) is 3.34. The van der Waals surface area contributed by atoms with Gasteiger partial charge in [-0.1, -0.05) is 32.4 Å². The molecule has 1 aromatic heterocycles. The Kier molecular flexibility index (Phi) is 6.01. The van der Waals surface area contributed by atoms with Crippen LogP contribution < -0.4 is 5.73 Å². The molecule has 0 bridgehead atoms. The fourth-order valence-corrected chi connectivity index (χ4v) is 2.35. The SMILES string of the molecule is CCCn1ncc(Cl)c1C(=O)CCC(C)(C)CCN. The van der Waals surface area contributed by atoms with E-state index in [9.17, 15) is 4.79 Å². The van der Waals surface area contributed by atoms with E-state index in [0.29, 0.717) is 23.7 Å². The van der Waals surface area contributed by atoms with Gasteiger partial charge in [-0.05, 0) is 31.2 Å². The van der Waals surface area contributed by atoms with Crippen molar-refractivity contribution in [3.05, 3.63) is 16.9 Å². The summed E-state index contributed by atoms with van der Waals surface area (Å²) >= 11 is 6.06. The minimum Gasteiger partial charge on any atom is -0.330 e. The molecule has 1 aromatic rings. The monoisotopic (exact) mass is 285 g/mol. The lowest BCUT2D eigenvalue weighted by molar-refractivity contribution is 0.0951. The van der Waals surface area contributed by atoms with Gasteiger partial charge in [-0.15, -0.1) is 0 Å². The zero-order valence-corrected chi connectivity index (χ0v) is 12.8. The van der Waals surface area contributed by atoms with Crippen LogP contribution in [0.1, 0.15) is 56.9 Å². The molecule has 19 heavy (non-hydrogen) atoms. The van der Waals surface area contributed by atoms with Crippen LogP contribution in [-0.4, -0.2) is 22.1 Å². The summed E-state index contributed by atoms with van der Waals surface area (Å²) in [5.74, 6) is 0.0704. The van der Waals surface area contributed by atoms with Crippen LogP contribution in [0, 0.1) is 5.41 Å². The molecule has 0 fully saturated rings. The Labute approximate surface area is 120 Å². The lowest BCUT2D eigenvalue weighted by atomic mass is 9.83. The fraction of sp³-hybridized carbons (Fsp3) is 0.714. The van der Waals surface area contributed by atoms with E-state index in [0.717, 1.165) is 25.8 Å². The van der Waals surface area contributed by atoms with E-state index < -0.39 is 0 Å². The smallest absolute Gasteiger partial charge is 0.182 e. The summed E-state index contributed by atoms with van der Waals surface area (Å²) in [5, 5.41) is 4.60. The first-order valence-electron chi connectivity index (χ1n) is 6.86. The van der Waals surface area contributed by atoms with Crippen LogP contribution in [-0.2, 0) is 6.54 Å². The van der Waals surface area contributed by atoms with Crippen molar-refractivity contribution in [2.45, 2.75) is 53.0 Å². The molecule has 5 heteroatoms. The highest BCUT2D eigenvalue weighted by Gasteiger charge is 2.22. The maximum atomic E-state index is 12.3. The van der Waals surface area contributed by atoms with Crippen LogP contribution in [0.2, 0.25) is 5.02 Å². The van der Waals surface area contributed by atoms with Gasteiger partial charge in [-0.25, -0.2) is 0 Å². The van der Waals surface area contributed by atoms with Gasteiger partial charge in [0.25, 0.3) is 0 Å². The summed E-state index contributed by atoms with van der Waals surface area (Å²) in [4.78, 5) is 12.3. The molecule has 0 radical (unpaired) electrons. The second kappa shape index (κ2) is 7.06. The topological polar surface area (TPSA) is 60.9 Å². The predicted octanol–water partition coefficient (Wildman–Crippen LogP) is 3.28. The molecule has 0 spiro atoms. The van der Waals surface area contributed by atoms with Crippen LogP contribution in [0.4, 0.5) is 0 Å². The molecular weight excluding hydrogens is 262 g/mol. The van der Waals surface area contributed by atoms with E-state index >= 15 is 0 Å². The normalized spacial score (nSPS) is 11.8. The Hall–Kier alpha value is -0.870. The Morgan fingerprint density at radius 1 is 1.47 bits per heavy atom. The van der Waals surface area contributed by atoms with E-state index in [1.165, 1.54) is 0 Å². The van der Waals surface area contributed by atoms with E-state index in [2.05, 4.69) is 18.9 Å². The standard InChI is InChI=1S/C14H24ClN3O/c1-4-9-18-13(11(15)10-17-18)12(19)5-6-14(2,3)7-8-16/h10H,4-9,16H2,1-3H3. The second-order valence-electron chi connectivity index (χ2n) is 5.69. The van der Waals surface area contributed by atoms with Crippen molar-refractivity contribution in [1.29, 1.82) is 0 Å². The van der Waals surface area contributed by atoms with Gasteiger partial charge in [0.1, 0.15) is 5.69 Å². The maximum Gasteiger partial charge on any atom is 0.182 e. The highest BCUT2D eigenvalue weighted by Crippen LogP contribution is 2.28. The Bertz CT molecular complexity index is 426. The first-order chi connectivity index (χ1) is 8.91. The quantitative estimate of drug-likeness (QED) is 0.746. The van der Waals surface area contributed by atoms with Gasteiger partial charge in [0, 0.05) is 13.0 Å². The average Bonchev–Trinajstić information content (AvgIpc) is 2.68. The summed E-state index contributed by atoms with van der Waals surface area (Å²) in [6.07, 6.45) is 4.70. The molecule has 0 aliphatic carbocycles. The van der Waals surface area contributed by atoms with Crippen molar-refractivity contribution in [2.24, 2.45) is 11.1 Å². The van der Waals surface area contributed by atoms with E-state index in [4.69, 9.17) is 17.3 Å². The highest BCUT2D eigenvalue weighted by molar-refractivity contribution is 6.33. The number of hydrogen-bond acceptors (Lipinski definition) is 3. The number of nitrogens with zero attached hydrogens (tertiary/aromatic N) is 2. The van der Waals surface area contributed by atoms with E-state index in [1.54, 1.807) is 10.9 Å². The minimum atomic E-state index is 0.0704. The maximum absolute atomic E-state index is 12.3. The molecule has 0 aliphatic rings.